The second-order valence-electron chi connectivity index (χ2n) is 11.2. The van der Waals surface area contributed by atoms with Gasteiger partial charge in [-0.15, -0.1) is 11.8 Å². The summed E-state index contributed by atoms with van der Waals surface area (Å²) in [5.74, 6) is 1.95. The molecule has 2 aliphatic rings. The molecule has 3 aromatic rings. The number of hydrogen-bond acceptors (Lipinski definition) is 6. The molecule has 2 amide bonds. The number of aromatic nitrogens is 2. The van der Waals surface area contributed by atoms with E-state index in [-0.39, 0.29) is 47.6 Å². The number of thioether (sulfide) groups is 1. The minimum absolute atomic E-state index is 0.0154. The van der Waals surface area contributed by atoms with Crippen molar-refractivity contribution in [2.75, 3.05) is 24.0 Å². The number of aryl methyl sites for hydroxylation is 1. The van der Waals surface area contributed by atoms with Gasteiger partial charge in [0.05, 0.1) is 22.4 Å². The number of rotatable bonds is 6. The number of nitrogens with one attached hydrogen (secondary N) is 1. The molecule has 0 spiro atoms. The maximum atomic E-state index is 13.8. The molecule has 9 heteroatoms. The normalized spacial score (nSPS) is 17.5. The van der Waals surface area contributed by atoms with Crippen molar-refractivity contribution in [3.8, 4) is 17.2 Å². The average Bonchev–Trinajstić information content (AvgIpc) is 3.49. The lowest BCUT2D eigenvalue weighted by atomic mass is 9.87. The average molecular weight is 549 g/mol. The number of carbonyl (C=O) groups excluding carboxylic acids is 2. The highest BCUT2D eigenvalue weighted by Crippen LogP contribution is 2.49. The molecular formula is C30H36N4O4S. The third-order valence-corrected chi connectivity index (χ3v) is 8.32. The molecular weight excluding hydrogens is 512 g/mol. The van der Waals surface area contributed by atoms with Crippen LogP contribution < -0.4 is 19.7 Å². The standard InChI is InChI=1S/C30H36N4O4S/c1-7-19(3)31-24(35)15-33-25(36)16-39-27(20-11-12-22-23(14-20)38-17-37-22)26-28(30(4,5)6)32-34(29(26)33)21-10-8-9-18(2)13-21/h8-14,19,27H,7,15-17H2,1-6H3,(H,31,35)/t19-,27-/m0/s1. The molecule has 2 aliphatic heterocycles. The van der Waals surface area contributed by atoms with Gasteiger partial charge in [-0.3, -0.25) is 14.5 Å². The van der Waals surface area contributed by atoms with Crippen molar-refractivity contribution in [3.63, 3.8) is 0 Å². The Morgan fingerprint density at radius 2 is 1.95 bits per heavy atom. The van der Waals surface area contributed by atoms with Crippen molar-refractivity contribution >= 4 is 29.4 Å². The van der Waals surface area contributed by atoms with Crippen LogP contribution in [-0.4, -0.2) is 46.7 Å². The van der Waals surface area contributed by atoms with Crippen LogP contribution in [0, 0.1) is 6.92 Å². The molecule has 0 aliphatic carbocycles. The number of hydrogen-bond donors (Lipinski definition) is 1. The van der Waals surface area contributed by atoms with Crippen LogP contribution in [0.5, 0.6) is 11.5 Å². The minimum Gasteiger partial charge on any atom is -0.454 e. The van der Waals surface area contributed by atoms with Gasteiger partial charge in [-0.2, -0.15) is 5.10 Å². The molecule has 5 rings (SSSR count). The van der Waals surface area contributed by atoms with E-state index in [1.54, 1.807) is 16.7 Å². The van der Waals surface area contributed by atoms with E-state index in [0.717, 1.165) is 34.5 Å². The molecule has 2 atom stereocenters. The van der Waals surface area contributed by atoms with E-state index in [9.17, 15) is 9.59 Å². The summed E-state index contributed by atoms with van der Waals surface area (Å²) in [5.41, 5.74) is 4.42. The number of amides is 2. The minimum atomic E-state index is -0.327. The highest BCUT2D eigenvalue weighted by molar-refractivity contribution is 8.00. The monoisotopic (exact) mass is 548 g/mol. The first-order valence-electron chi connectivity index (χ1n) is 13.4. The summed E-state index contributed by atoms with van der Waals surface area (Å²) in [6, 6.07) is 14.0. The van der Waals surface area contributed by atoms with Crippen molar-refractivity contribution in [1.29, 1.82) is 0 Å². The van der Waals surface area contributed by atoms with Crippen molar-refractivity contribution in [2.24, 2.45) is 0 Å². The molecule has 0 bridgehead atoms. The van der Waals surface area contributed by atoms with E-state index < -0.39 is 0 Å². The zero-order valence-electron chi connectivity index (χ0n) is 23.4. The number of benzene rings is 2. The van der Waals surface area contributed by atoms with Gasteiger partial charge in [0.2, 0.25) is 18.6 Å². The largest absolute Gasteiger partial charge is 0.454 e. The maximum Gasteiger partial charge on any atom is 0.240 e. The molecule has 1 aromatic heterocycles. The summed E-state index contributed by atoms with van der Waals surface area (Å²) in [5, 5.41) is 7.98. The molecule has 8 nitrogen and oxygen atoms in total. The van der Waals surface area contributed by atoms with Gasteiger partial charge in [0.1, 0.15) is 12.4 Å². The zero-order valence-corrected chi connectivity index (χ0v) is 24.2. The third-order valence-electron chi connectivity index (χ3n) is 7.07. The Balaban J connectivity index is 1.74. The Labute approximate surface area is 234 Å². The van der Waals surface area contributed by atoms with Gasteiger partial charge in [0.15, 0.2) is 11.5 Å². The van der Waals surface area contributed by atoms with E-state index >= 15 is 0 Å². The molecule has 2 aromatic carbocycles. The van der Waals surface area contributed by atoms with Crippen LogP contribution in [0.1, 0.15) is 68.7 Å². The van der Waals surface area contributed by atoms with Crippen LogP contribution in [0.4, 0.5) is 5.82 Å². The van der Waals surface area contributed by atoms with Crippen LogP contribution in [0.15, 0.2) is 42.5 Å². The lowest BCUT2D eigenvalue weighted by molar-refractivity contribution is -0.123. The van der Waals surface area contributed by atoms with Crippen LogP contribution >= 0.6 is 11.8 Å². The quantitative estimate of drug-likeness (QED) is 0.451. The van der Waals surface area contributed by atoms with Crippen molar-refractivity contribution in [2.45, 2.75) is 64.7 Å². The fourth-order valence-electron chi connectivity index (χ4n) is 4.92. The number of fused-ring (bicyclic) bond motifs is 2. The van der Waals surface area contributed by atoms with Crippen LogP contribution in [-0.2, 0) is 15.0 Å². The smallest absolute Gasteiger partial charge is 0.240 e. The third kappa shape index (κ3) is 5.37. The molecule has 0 unspecified atom stereocenters. The van der Waals surface area contributed by atoms with Gasteiger partial charge in [0.25, 0.3) is 0 Å². The number of ether oxygens (including phenoxy) is 2. The van der Waals surface area contributed by atoms with Gasteiger partial charge in [0, 0.05) is 17.0 Å². The number of carbonyl (C=O) groups is 2. The first-order valence-corrected chi connectivity index (χ1v) is 14.4. The van der Waals surface area contributed by atoms with E-state index in [1.165, 1.54) is 0 Å². The van der Waals surface area contributed by atoms with Crippen LogP contribution in [0.2, 0.25) is 0 Å². The van der Waals surface area contributed by atoms with Crippen molar-refractivity contribution in [1.82, 2.24) is 15.1 Å². The predicted molar refractivity (Wildman–Crippen MR) is 154 cm³/mol. The molecule has 39 heavy (non-hydrogen) atoms. The van der Waals surface area contributed by atoms with E-state index in [4.69, 9.17) is 14.6 Å². The summed E-state index contributed by atoms with van der Waals surface area (Å²) in [7, 11) is 0. The topological polar surface area (TPSA) is 85.7 Å². The predicted octanol–water partition coefficient (Wildman–Crippen LogP) is 5.29. The number of nitrogens with zero attached hydrogens (tertiary/aromatic N) is 3. The molecule has 0 fully saturated rings. The van der Waals surface area contributed by atoms with E-state index in [2.05, 4.69) is 32.2 Å². The molecule has 206 valence electrons. The first-order chi connectivity index (χ1) is 18.6. The van der Waals surface area contributed by atoms with Crippen LogP contribution in [0.25, 0.3) is 5.69 Å². The zero-order chi connectivity index (χ0) is 27.9. The van der Waals surface area contributed by atoms with Gasteiger partial charge in [-0.05, 0) is 55.7 Å². The Bertz CT molecular complexity index is 1410. The SMILES string of the molecule is CC[C@H](C)NC(=O)CN1C(=O)CS[C@@H](c2ccc3c(c2)OCO3)c2c(C(C)(C)C)nn(-c3cccc(C)c3)c21. The lowest BCUT2D eigenvalue weighted by Gasteiger charge is -2.25. The molecule has 3 heterocycles. The summed E-state index contributed by atoms with van der Waals surface area (Å²) in [6.45, 7) is 12.5. The van der Waals surface area contributed by atoms with Gasteiger partial charge < -0.3 is 14.8 Å². The highest BCUT2D eigenvalue weighted by Gasteiger charge is 2.40. The fourth-order valence-corrected chi connectivity index (χ4v) is 6.11. The number of anilines is 1. The first kappa shape index (κ1) is 27.1. The Hall–Kier alpha value is -3.46. The molecule has 0 saturated carbocycles. The summed E-state index contributed by atoms with van der Waals surface area (Å²) in [4.78, 5) is 28.6. The Morgan fingerprint density at radius 3 is 2.67 bits per heavy atom. The second-order valence-corrected chi connectivity index (χ2v) is 12.3. The van der Waals surface area contributed by atoms with Crippen molar-refractivity contribution in [3.05, 3.63) is 64.8 Å². The fraction of sp³-hybridized carbons (Fsp3) is 0.433. The summed E-state index contributed by atoms with van der Waals surface area (Å²) in [6.07, 6.45) is 0.808. The lowest BCUT2D eigenvalue weighted by Crippen LogP contribution is -2.44. The highest BCUT2D eigenvalue weighted by atomic mass is 32.2. The van der Waals surface area contributed by atoms with Gasteiger partial charge >= 0.3 is 0 Å². The van der Waals surface area contributed by atoms with Gasteiger partial charge in [-0.1, -0.05) is 45.9 Å². The van der Waals surface area contributed by atoms with E-state index in [1.807, 2.05) is 61.9 Å². The summed E-state index contributed by atoms with van der Waals surface area (Å²) >= 11 is 1.55. The Kier molecular flexibility index (Phi) is 7.37. The van der Waals surface area contributed by atoms with E-state index in [0.29, 0.717) is 17.3 Å². The van der Waals surface area contributed by atoms with Gasteiger partial charge in [-0.25, -0.2) is 4.68 Å². The van der Waals surface area contributed by atoms with Crippen LogP contribution in [0.3, 0.4) is 0 Å². The Morgan fingerprint density at radius 1 is 1.18 bits per heavy atom. The molecule has 0 radical (unpaired) electrons. The molecule has 1 N–H and O–H groups in total. The maximum absolute atomic E-state index is 13.8. The summed E-state index contributed by atoms with van der Waals surface area (Å²) < 4.78 is 13.1. The second kappa shape index (κ2) is 10.6. The molecule has 0 saturated heterocycles. The van der Waals surface area contributed by atoms with Crippen molar-refractivity contribution < 1.29 is 19.1 Å².